The highest BCUT2D eigenvalue weighted by Crippen LogP contribution is 2.35. The normalized spacial score (nSPS) is 16.8. The number of esters is 1. The third-order valence-electron chi connectivity index (χ3n) is 3.14. The monoisotopic (exact) mass is 234 g/mol. The summed E-state index contributed by atoms with van der Waals surface area (Å²) in [6, 6.07) is 6.51. The molecule has 1 aliphatic rings. The first-order chi connectivity index (χ1) is 8.20. The first kappa shape index (κ1) is 13.8. The highest BCUT2D eigenvalue weighted by molar-refractivity contribution is 5.70. The molecule has 1 atom stereocenters. The summed E-state index contributed by atoms with van der Waals surface area (Å²) in [7, 11) is 1.45. The van der Waals surface area contributed by atoms with Gasteiger partial charge in [0, 0.05) is 0 Å². The van der Waals surface area contributed by atoms with Gasteiger partial charge in [0.2, 0.25) is 0 Å². The second kappa shape index (κ2) is 6.43. The van der Waals surface area contributed by atoms with E-state index in [9.17, 15) is 4.79 Å². The first-order valence-electron chi connectivity index (χ1n) is 6.37. The summed E-state index contributed by atoms with van der Waals surface area (Å²) in [4.78, 5) is 11.2. The molecule has 0 aromatic heterocycles. The van der Waals surface area contributed by atoms with Crippen LogP contribution in [0, 0.1) is 6.92 Å². The van der Waals surface area contributed by atoms with Crippen LogP contribution in [-0.2, 0) is 16.0 Å². The van der Waals surface area contributed by atoms with Crippen molar-refractivity contribution in [3.05, 3.63) is 34.9 Å². The Hall–Kier alpha value is -1.31. The lowest BCUT2D eigenvalue weighted by Crippen LogP contribution is -2.06. The Bertz CT molecular complexity index is 383. The van der Waals surface area contributed by atoms with Crippen molar-refractivity contribution in [1.82, 2.24) is 0 Å². The fourth-order valence-electron chi connectivity index (χ4n) is 2.33. The fraction of sp³-hybridized carbons (Fsp3) is 0.533. The van der Waals surface area contributed by atoms with E-state index in [4.69, 9.17) is 4.74 Å². The number of ether oxygens (including phenoxy) is 1. The molecule has 1 aliphatic carbocycles. The minimum atomic E-state index is -0.103. The number of aryl methyl sites for hydroxylation is 2. The maximum Gasteiger partial charge on any atom is 0.306 e. The summed E-state index contributed by atoms with van der Waals surface area (Å²) in [6.45, 7) is 6.11. The molecular weight excluding hydrogens is 212 g/mol. The van der Waals surface area contributed by atoms with Gasteiger partial charge in [0.25, 0.3) is 0 Å². The highest BCUT2D eigenvalue weighted by Gasteiger charge is 2.24. The number of hydrogen-bond donors (Lipinski definition) is 0. The third kappa shape index (κ3) is 3.32. The Kier molecular flexibility index (Phi) is 5.20. The highest BCUT2D eigenvalue weighted by atomic mass is 16.5. The Morgan fingerprint density at radius 1 is 1.41 bits per heavy atom. The number of rotatable bonds is 2. The van der Waals surface area contributed by atoms with E-state index in [-0.39, 0.29) is 5.97 Å². The quantitative estimate of drug-likeness (QED) is 0.731. The Morgan fingerprint density at radius 3 is 2.76 bits per heavy atom. The van der Waals surface area contributed by atoms with Gasteiger partial charge in [-0.15, -0.1) is 0 Å². The zero-order valence-corrected chi connectivity index (χ0v) is 11.2. The van der Waals surface area contributed by atoms with Gasteiger partial charge in [-0.2, -0.15) is 0 Å². The summed E-state index contributed by atoms with van der Waals surface area (Å²) < 4.78 is 4.71. The van der Waals surface area contributed by atoms with Crippen LogP contribution in [0.3, 0.4) is 0 Å². The number of carbonyl (C=O) groups is 1. The molecule has 2 nitrogen and oxygen atoms in total. The van der Waals surface area contributed by atoms with Crippen LogP contribution in [0.1, 0.15) is 49.3 Å². The fourth-order valence-corrected chi connectivity index (χ4v) is 2.33. The summed E-state index contributed by atoms with van der Waals surface area (Å²) in [5, 5.41) is 0. The molecule has 17 heavy (non-hydrogen) atoms. The van der Waals surface area contributed by atoms with Crippen LogP contribution < -0.4 is 0 Å². The average molecular weight is 234 g/mol. The molecule has 0 bridgehead atoms. The number of carbonyl (C=O) groups excluding carboxylic acids is 1. The van der Waals surface area contributed by atoms with Crippen molar-refractivity contribution in [3.8, 4) is 0 Å². The molecule has 1 aromatic carbocycles. The van der Waals surface area contributed by atoms with Crippen molar-refractivity contribution in [2.24, 2.45) is 0 Å². The van der Waals surface area contributed by atoms with Gasteiger partial charge in [-0.1, -0.05) is 37.6 Å². The van der Waals surface area contributed by atoms with Gasteiger partial charge < -0.3 is 4.74 Å². The molecule has 0 saturated heterocycles. The Balaban J connectivity index is 0.000000686. The van der Waals surface area contributed by atoms with Crippen LogP contribution >= 0.6 is 0 Å². The SMILES string of the molecule is CC.COC(=O)CC1CCc2cc(C)ccc21. The van der Waals surface area contributed by atoms with Gasteiger partial charge >= 0.3 is 5.97 Å². The maximum absolute atomic E-state index is 11.2. The summed E-state index contributed by atoms with van der Waals surface area (Å²) in [5.74, 6) is 0.265. The average Bonchev–Trinajstić information content (AvgIpc) is 2.74. The molecule has 2 rings (SSSR count). The molecule has 2 heteroatoms. The number of methoxy groups -OCH3 is 1. The molecule has 1 aromatic rings. The van der Waals surface area contributed by atoms with Crippen molar-refractivity contribution in [2.45, 2.75) is 46.0 Å². The van der Waals surface area contributed by atoms with Gasteiger partial charge in [0.1, 0.15) is 0 Å². The van der Waals surface area contributed by atoms with E-state index in [1.54, 1.807) is 0 Å². The lowest BCUT2D eigenvalue weighted by molar-refractivity contribution is -0.141. The van der Waals surface area contributed by atoms with Gasteiger partial charge in [-0.25, -0.2) is 0 Å². The Morgan fingerprint density at radius 2 is 2.12 bits per heavy atom. The van der Waals surface area contributed by atoms with E-state index in [0.717, 1.165) is 12.8 Å². The van der Waals surface area contributed by atoms with Gasteiger partial charge in [0.15, 0.2) is 0 Å². The molecule has 0 radical (unpaired) electrons. The molecule has 1 unspecified atom stereocenters. The molecule has 0 N–H and O–H groups in total. The largest absolute Gasteiger partial charge is 0.469 e. The Labute approximate surface area is 104 Å². The number of hydrogen-bond acceptors (Lipinski definition) is 2. The third-order valence-corrected chi connectivity index (χ3v) is 3.14. The molecular formula is C15H22O2. The molecule has 0 spiro atoms. The summed E-state index contributed by atoms with van der Waals surface area (Å²) in [6.07, 6.45) is 2.69. The van der Waals surface area contributed by atoms with Crippen LogP contribution in [0.15, 0.2) is 18.2 Å². The predicted molar refractivity (Wildman–Crippen MR) is 70.2 cm³/mol. The van der Waals surface area contributed by atoms with Crippen molar-refractivity contribution < 1.29 is 9.53 Å². The first-order valence-corrected chi connectivity index (χ1v) is 6.37. The van der Waals surface area contributed by atoms with Crippen molar-refractivity contribution >= 4 is 5.97 Å². The van der Waals surface area contributed by atoms with Gasteiger partial charge in [0.05, 0.1) is 13.5 Å². The lowest BCUT2D eigenvalue weighted by atomic mass is 9.97. The molecule has 0 saturated carbocycles. The predicted octanol–water partition coefficient (Wildman–Crippen LogP) is 3.61. The summed E-state index contributed by atoms with van der Waals surface area (Å²) in [5.41, 5.74) is 4.04. The minimum absolute atomic E-state index is 0.103. The molecule has 0 amide bonds. The van der Waals surface area contributed by atoms with Gasteiger partial charge in [-0.05, 0) is 36.8 Å². The van der Waals surface area contributed by atoms with E-state index >= 15 is 0 Å². The molecule has 0 heterocycles. The van der Waals surface area contributed by atoms with Crippen LogP contribution in [0.2, 0.25) is 0 Å². The lowest BCUT2D eigenvalue weighted by Gasteiger charge is -2.09. The second-order valence-corrected chi connectivity index (χ2v) is 4.22. The van der Waals surface area contributed by atoms with E-state index in [1.165, 1.54) is 23.8 Å². The smallest absolute Gasteiger partial charge is 0.306 e. The van der Waals surface area contributed by atoms with Crippen molar-refractivity contribution in [2.75, 3.05) is 7.11 Å². The zero-order chi connectivity index (χ0) is 12.8. The number of fused-ring (bicyclic) bond motifs is 1. The van der Waals surface area contributed by atoms with Crippen LogP contribution in [0.25, 0.3) is 0 Å². The van der Waals surface area contributed by atoms with Crippen LogP contribution in [0.5, 0.6) is 0 Å². The van der Waals surface area contributed by atoms with Crippen LogP contribution in [-0.4, -0.2) is 13.1 Å². The maximum atomic E-state index is 11.2. The van der Waals surface area contributed by atoms with E-state index in [0.29, 0.717) is 12.3 Å². The minimum Gasteiger partial charge on any atom is -0.469 e. The van der Waals surface area contributed by atoms with E-state index < -0.39 is 0 Å². The number of benzene rings is 1. The van der Waals surface area contributed by atoms with Gasteiger partial charge in [-0.3, -0.25) is 4.79 Å². The second-order valence-electron chi connectivity index (χ2n) is 4.22. The molecule has 0 fully saturated rings. The standard InChI is InChI=1S/C13H16O2.C2H6/c1-9-3-6-12-10(7-9)4-5-11(12)8-13(14)15-2;1-2/h3,6-7,11H,4-5,8H2,1-2H3;1-2H3. The van der Waals surface area contributed by atoms with Crippen molar-refractivity contribution in [1.29, 1.82) is 0 Å². The van der Waals surface area contributed by atoms with E-state index in [1.807, 2.05) is 13.8 Å². The molecule has 94 valence electrons. The van der Waals surface area contributed by atoms with Crippen molar-refractivity contribution in [3.63, 3.8) is 0 Å². The zero-order valence-electron chi connectivity index (χ0n) is 11.2. The van der Waals surface area contributed by atoms with Crippen LogP contribution in [0.4, 0.5) is 0 Å². The van der Waals surface area contributed by atoms with E-state index in [2.05, 4.69) is 25.1 Å². The summed E-state index contributed by atoms with van der Waals surface area (Å²) >= 11 is 0. The molecule has 0 aliphatic heterocycles. The topological polar surface area (TPSA) is 26.3 Å².